The van der Waals surface area contributed by atoms with Crippen LogP contribution in [0.25, 0.3) is 0 Å². The molecule has 1 N–H and O–H groups in total. The molecule has 1 saturated heterocycles. The van der Waals surface area contributed by atoms with E-state index in [4.69, 9.17) is 11.6 Å². The molecule has 138 valence electrons. The van der Waals surface area contributed by atoms with E-state index in [0.717, 1.165) is 5.56 Å². The van der Waals surface area contributed by atoms with E-state index in [1.807, 2.05) is 30.3 Å². The first-order chi connectivity index (χ1) is 12.5. The van der Waals surface area contributed by atoms with Gasteiger partial charge in [-0.25, -0.2) is 8.42 Å². The van der Waals surface area contributed by atoms with Crippen molar-refractivity contribution in [2.75, 3.05) is 13.1 Å². The Balaban J connectivity index is 1.57. The molecule has 2 aromatic rings. The van der Waals surface area contributed by atoms with Crippen LogP contribution in [0, 0.1) is 5.92 Å². The van der Waals surface area contributed by atoms with Crippen LogP contribution in [0.4, 0.5) is 0 Å². The van der Waals surface area contributed by atoms with Crippen LogP contribution in [0.5, 0.6) is 0 Å². The first-order valence-corrected chi connectivity index (χ1v) is 10.4. The van der Waals surface area contributed by atoms with Crippen LogP contribution in [-0.4, -0.2) is 31.7 Å². The zero-order chi connectivity index (χ0) is 18.6. The van der Waals surface area contributed by atoms with Crippen LogP contribution in [0.15, 0.2) is 59.5 Å². The summed E-state index contributed by atoms with van der Waals surface area (Å²) >= 11 is 6.04. The number of rotatable bonds is 5. The van der Waals surface area contributed by atoms with Gasteiger partial charge in [0.2, 0.25) is 15.9 Å². The number of nitrogens with zero attached hydrogens (tertiary/aromatic N) is 1. The number of benzene rings is 2. The molecule has 1 heterocycles. The highest BCUT2D eigenvalue weighted by Crippen LogP contribution is 2.28. The Labute approximate surface area is 159 Å². The summed E-state index contributed by atoms with van der Waals surface area (Å²) in [5.41, 5.74) is 1.04. The summed E-state index contributed by atoms with van der Waals surface area (Å²) in [6, 6.07) is 16.1. The molecule has 0 bridgehead atoms. The summed E-state index contributed by atoms with van der Waals surface area (Å²) in [5, 5.41) is 3.15. The van der Waals surface area contributed by atoms with Gasteiger partial charge >= 0.3 is 0 Å². The van der Waals surface area contributed by atoms with Gasteiger partial charge in [-0.3, -0.25) is 4.79 Å². The summed E-state index contributed by atoms with van der Waals surface area (Å²) in [6.07, 6.45) is 1.01. The monoisotopic (exact) mass is 392 g/mol. The number of hydrogen-bond donors (Lipinski definition) is 1. The number of sulfonamides is 1. The van der Waals surface area contributed by atoms with Gasteiger partial charge in [-0.15, -0.1) is 0 Å². The predicted octanol–water partition coefficient (Wildman–Crippen LogP) is 3.06. The number of carbonyl (C=O) groups is 1. The van der Waals surface area contributed by atoms with Crippen LogP contribution >= 0.6 is 11.6 Å². The summed E-state index contributed by atoms with van der Waals surface area (Å²) in [5.74, 6) is -0.194. The number of carbonyl (C=O) groups excluding carboxylic acids is 1. The SMILES string of the molecule is O=C(NCc1ccccc1)C1CCN(S(=O)(=O)c2ccccc2Cl)CC1. The Morgan fingerprint density at radius 2 is 1.65 bits per heavy atom. The highest BCUT2D eigenvalue weighted by molar-refractivity contribution is 7.89. The van der Waals surface area contributed by atoms with Crippen molar-refractivity contribution >= 4 is 27.5 Å². The predicted molar refractivity (Wildman–Crippen MR) is 101 cm³/mol. The number of nitrogens with one attached hydrogen (secondary N) is 1. The second-order valence-electron chi connectivity index (χ2n) is 6.31. The lowest BCUT2D eigenvalue weighted by molar-refractivity contribution is -0.126. The number of amides is 1. The summed E-state index contributed by atoms with van der Waals surface area (Å²) in [7, 11) is -3.63. The minimum Gasteiger partial charge on any atom is -0.352 e. The van der Waals surface area contributed by atoms with Crippen molar-refractivity contribution in [3.63, 3.8) is 0 Å². The molecule has 0 aliphatic carbocycles. The van der Waals surface area contributed by atoms with E-state index in [1.54, 1.807) is 18.2 Å². The Bertz CT molecular complexity index is 863. The van der Waals surface area contributed by atoms with Gasteiger partial charge in [0.05, 0.1) is 5.02 Å². The number of halogens is 1. The third-order valence-corrected chi connectivity index (χ3v) is 6.99. The van der Waals surface area contributed by atoms with Crippen LogP contribution in [0.2, 0.25) is 5.02 Å². The maximum absolute atomic E-state index is 12.7. The second-order valence-corrected chi connectivity index (χ2v) is 8.63. The molecule has 0 unspecified atom stereocenters. The molecule has 1 amide bonds. The molecule has 26 heavy (non-hydrogen) atoms. The zero-order valence-electron chi connectivity index (χ0n) is 14.3. The van der Waals surface area contributed by atoms with Gasteiger partial charge in [0.1, 0.15) is 4.90 Å². The van der Waals surface area contributed by atoms with Gasteiger partial charge in [-0.2, -0.15) is 4.31 Å². The third kappa shape index (κ3) is 4.26. The molecule has 2 aromatic carbocycles. The Morgan fingerprint density at radius 1 is 1.04 bits per heavy atom. The van der Waals surface area contributed by atoms with E-state index >= 15 is 0 Å². The Hall–Kier alpha value is -1.89. The molecule has 7 heteroatoms. The molecule has 5 nitrogen and oxygen atoms in total. The van der Waals surface area contributed by atoms with E-state index in [1.165, 1.54) is 10.4 Å². The van der Waals surface area contributed by atoms with E-state index < -0.39 is 10.0 Å². The standard InChI is InChI=1S/C19H21ClN2O3S/c20-17-8-4-5-9-18(17)26(24,25)22-12-10-16(11-13-22)19(23)21-14-15-6-2-1-3-7-15/h1-9,16H,10-14H2,(H,21,23). The van der Waals surface area contributed by atoms with Gasteiger partial charge in [-0.05, 0) is 30.5 Å². The molecule has 0 spiro atoms. The fraction of sp³-hybridized carbons (Fsp3) is 0.316. The van der Waals surface area contributed by atoms with Crippen LogP contribution in [-0.2, 0) is 21.4 Å². The summed E-state index contributed by atoms with van der Waals surface area (Å²) < 4.78 is 26.9. The third-order valence-electron chi connectivity index (χ3n) is 4.59. The Kier molecular flexibility index (Phi) is 5.96. The Morgan fingerprint density at radius 3 is 2.31 bits per heavy atom. The molecule has 1 aliphatic heterocycles. The number of hydrogen-bond acceptors (Lipinski definition) is 3. The van der Waals surface area contributed by atoms with Crippen molar-refractivity contribution in [2.45, 2.75) is 24.3 Å². The fourth-order valence-corrected chi connectivity index (χ4v) is 5.04. The lowest BCUT2D eigenvalue weighted by Crippen LogP contribution is -2.42. The zero-order valence-corrected chi connectivity index (χ0v) is 15.8. The van der Waals surface area contributed by atoms with Gasteiger partial charge in [-0.1, -0.05) is 54.1 Å². The van der Waals surface area contributed by atoms with Crippen LogP contribution < -0.4 is 5.32 Å². The maximum atomic E-state index is 12.7. The van der Waals surface area contributed by atoms with Gasteiger partial charge in [0.25, 0.3) is 0 Å². The lowest BCUT2D eigenvalue weighted by atomic mass is 9.97. The summed E-state index contributed by atoms with van der Waals surface area (Å²) in [6.45, 7) is 1.12. The topological polar surface area (TPSA) is 66.5 Å². The first-order valence-electron chi connectivity index (χ1n) is 8.55. The fourth-order valence-electron chi connectivity index (χ4n) is 3.08. The smallest absolute Gasteiger partial charge is 0.244 e. The van der Waals surface area contributed by atoms with Crippen molar-refractivity contribution in [3.05, 3.63) is 65.2 Å². The highest BCUT2D eigenvalue weighted by atomic mass is 35.5. The van der Waals surface area contributed by atoms with Gasteiger partial charge in [0, 0.05) is 25.6 Å². The largest absolute Gasteiger partial charge is 0.352 e. The van der Waals surface area contributed by atoms with Crippen molar-refractivity contribution in [1.82, 2.24) is 9.62 Å². The first kappa shape index (κ1) is 18.9. The average Bonchev–Trinajstić information content (AvgIpc) is 2.67. The molecule has 1 fully saturated rings. The minimum absolute atomic E-state index is 0.0244. The molecule has 3 rings (SSSR count). The lowest BCUT2D eigenvalue weighted by Gasteiger charge is -2.30. The second kappa shape index (κ2) is 8.20. The molecular formula is C19H21ClN2O3S. The van der Waals surface area contributed by atoms with Crippen LogP contribution in [0.1, 0.15) is 18.4 Å². The quantitative estimate of drug-likeness (QED) is 0.850. The van der Waals surface area contributed by atoms with E-state index in [9.17, 15) is 13.2 Å². The molecule has 0 radical (unpaired) electrons. The van der Waals surface area contributed by atoms with E-state index in [0.29, 0.717) is 32.5 Å². The van der Waals surface area contributed by atoms with Crippen molar-refractivity contribution in [3.8, 4) is 0 Å². The van der Waals surface area contributed by atoms with Crippen molar-refractivity contribution in [1.29, 1.82) is 0 Å². The molecule has 0 aromatic heterocycles. The van der Waals surface area contributed by atoms with E-state index in [-0.39, 0.29) is 21.7 Å². The van der Waals surface area contributed by atoms with E-state index in [2.05, 4.69) is 5.32 Å². The molecular weight excluding hydrogens is 372 g/mol. The molecule has 1 aliphatic rings. The van der Waals surface area contributed by atoms with Crippen molar-refractivity contribution < 1.29 is 13.2 Å². The van der Waals surface area contributed by atoms with Gasteiger partial charge in [0.15, 0.2) is 0 Å². The summed E-state index contributed by atoms with van der Waals surface area (Å²) in [4.78, 5) is 12.5. The maximum Gasteiger partial charge on any atom is 0.244 e. The normalized spacial score (nSPS) is 16.3. The van der Waals surface area contributed by atoms with Crippen LogP contribution in [0.3, 0.4) is 0 Å². The average molecular weight is 393 g/mol. The van der Waals surface area contributed by atoms with Gasteiger partial charge < -0.3 is 5.32 Å². The van der Waals surface area contributed by atoms with Crippen molar-refractivity contribution in [2.24, 2.45) is 5.92 Å². The number of piperidine rings is 1. The highest BCUT2D eigenvalue weighted by Gasteiger charge is 2.32. The molecule has 0 saturated carbocycles. The minimum atomic E-state index is -3.63. The molecule has 0 atom stereocenters.